The first-order valence-corrected chi connectivity index (χ1v) is 16.4. The molecule has 8 aromatic carbocycles. The third kappa shape index (κ3) is 4.83. The van der Waals surface area contributed by atoms with Crippen molar-refractivity contribution in [3.05, 3.63) is 188 Å². The molecule has 0 aliphatic carbocycles. The first-order chi connectivity index (χ1) is 23.8. The summed E-state index contributed by atoms with van der Waals surface area (Å²) in [5, 5.41) is 2.28. The Kier molecular flexibility index (Phi) is 6.84. The predicted octanol–water partition coefficient (Wildman–Crippen LogP) is 13.1. The van der Waals surface area contributed by atoms with Crippen molar-refractivity contribution in [2.45, 2.75) is 0 Å². The van der Waals surface area contributed by atoms with Gasteiger partial charge in [0.1, 0.15) is 5.75 Å². The Morgan fingerprint density at radius 1 is 0.312 bits per heavy atom. The van der Waals surface area contributed by atoms with Crippen molar-refractivity contribution in [3.63, 3.8) is 0 Å². The van der Waals surface area contributed by atoms with E-state index >= 15 is 0 Å². The molecular formula is C46H31NO. The minimum atomic E-state index is 0.859. The first-order valence-electron chi connectivity index (χ1n) is 16.4. The molecule has 1 aliphatic heterocycles. The third-order valence-electron chi connectivity index (χ3n) is 9.28. The van der Waals surface area contributed by atoms with Gasteiger partial charge < -0.3 is 9.64 Å². The Labute approximate surface area is 280 Å². The van der Waals surface area contributed by atoms with Gasteiger partial charge in [0.2, 0.25) is 0 Å². The van der Waals surface area contributed by atoms with Crippen LogP contribution < -0.4 is 9.64 Å². The number of anilines is 3. The number of ether oxygens (including phenoxy) is 1. The monoisotopic (exact) mass is 613 g/mol. The van der Waals surface area contributed by atoms with Crippen molar-refractivity contribution in [2.75, 3.05) is 4.90 Å². The van der Waals surface area contributed by atoms with Crippen LogP contribution >= 0.6 is 0 Å². The van der Waals surface area contributed by atoms with Crippen LogP contribution in [0.3, 0.4) is 0 Å². The second-order valence-electron chi connectivity index (χ2n) is 12.1. The lowest BCUT2D eigenvalue weighted by atomic mass is 9.91. The normalized spacial score (nSPS) is 11.5. The van der Waals surface area contributed by atoms with Crippen LogP contribution in [0.4, 0.5) is 17.1 Å². The van der Waals surface area contributed by atoms with Crippen LogP contribution in [0.5, 0.6) is 11.5 Å². The average Bonchev–Trinajstić information content (AvgIpc) is 3.17. The fourth-order valence-electron chi connectivity index (χ4n) is 6.94. The lowest BCUT2D eigenvalue weighted by Gasteiger charge is -2.31. The Balaban J connectivity index is 1.24. The second kappa shape index (κ2) is 11.8. The summed E-state index contributed by atoms with van der Waals surface area (Å²) in [6, 6.07) is 66.7. The molecule has 0 N–H and O–H groups in total. The topological polar surface area (TPSA) is 12.5 Å². The molecular weight excluding hydrogens is 583 g/mol. The van der Waals surface area contributed by atoms with Crippen LogP contribution in [0.15, 0.2) is 188 Å². The molecule has 0 fully saturated rings. The van der Waals surface area contributed by atoms with Crippen molar-refractivity contribution in [1.29, 1.82) is 0 Å². The maximum absolute atomic E-state index is 7.13. The van der Waals surface area contributed by atoms with E-state index < -0.39 is 0 Å². The molecule has 0 unspecified atom stereocenters. The van der Waals surface area contributed by atoms with Gasteiger partial charge in [0.25, 0.3) is 0 Å². The van der Waals surface area contributed by atoms with Crippen molar-refractivity contribution < 1.29 is 4.74 Å². The number of benzene rings is 8. The highest BCUT2D eigenvalue weighted by Crippen LogP contribution is 2.55. The average molecular weight is 614 g/mol. The molecule has 0 atom stereocenters. The van der Waals surface area contributed by atoms with E-state index in [9.17, 15) is 0 Å². The standard InChI is InChI=1S/C46H31NO/c1-4-12-32(13-5-1)34-22-27-38(28-23-34)47(39-29-24-35(25-30-39)33-14-6-2-7-15-33)43-31-26-37-18-10-20-41-42-21-11-19-40(36-16-8-3-9-17-36)45(42)48-46(43)44(37)41/h1-31H. The van der Waals surface area contributed by atoms with E-state index in [0.29, 0.717) is 0 Å². The van der Waals surface area contributed by atoms with Gasteiger partial charge in [-0.1, -0.05) is 158 Å². The van der Waals surface area contributed by atoms with Gasteiger partial charge in [-0.25, -0.2) is 0 Å². The van der Waals surface area contributed by atoms with Crippen LogP contribution in [-0.2, 0) is 0 Å². The fraction of sp³-hybridized carbons (Fsp3) is 0. The van der Waals surface area contributed by atoms with Gasteiger partial charge in [-0.3, -0.25) is 0 Å². The molecule has 0 saturated carbocycles. The van der Waals surface area contributed by atoms with E-state index in [2.05, 4.69) is 193 Å². The Morgan fingerprint density at radius 2 is 0.792 bits per heavy atom. The van der Waals surface area contributed by atoms with Crippen molar-refractivity contribution in [1.82, 2.24) is 0 Å². The highest BCUT2D eigenvalue weighted by atomic mass is 16.5. The zero-order valence-electron chi connectivity index (χ0n) is 26.3. The number of nitrogens with zero attached hydrogens (tertiary/aromatic N) is 1. The summed E-state index contributed by atoms with van der Waals surface area (Å²) >= 11 is 0. The fourth-order valence-corrected chi connectivity index (χ4v) is 6.94. The van der Waals surface area contributed by atoms with Gasteiger partial charge in [-0.05, 0) is 69.1 Å². The van der Waals surface area contributed by atoms with E-state index in [-0.39, 0.29) is 0 Å². The van der Waals surface area contributed by atoms with Gasteiger partial charge in [-0.2, -0.15) is 0 Å². The second-order valence-corrected chi connectivity index (χ2v) is 12.1. The SMILES string of the molecule is c1ccc(-c2ccc(N(c3ccc(-c4ccccc4)cc3)c3ccc4cccc5c4c3Oc3c(-c4ccccc4)cccc3-5)cc2)cc1. The number of hydrogen-bond donors (Lipinski definition) is 0. The zero-order valence-corrected chi connectivity index (χ0v) is 26.3. The van der Waals surface area contributed by atoms with Crippen LogP contribution in [0.1, 0.15) is 0 Å². The minimum absolute atomic E-state index is 0.859. The Bertz CT molecular complexity index is 2300. The number of rotatable bonds is 6. The van der Waals surface area contributed by atoms with E-state index in [0.717, 1.165) is 56.0 Å². The van der Waals surface area contributed by atoms with Gasteiger partial charge in [0, 0.05) is 27.9 Å². The van der Waals surface area contributed by atoms with Gasteiger partial charge in [-0.15, -0.1) is 0 Å². The summed E-state index contributed by atoms with van der Waals surface area (Å²) in [5.74, 6) is 1.74. The van der Waals surface area contributed by atoms with Crippen LogP contribution in [-0.4, -0.2) is 0 Å². The number of para-hydroxylation sites is 1. The molecule has 226 valence electrons. The molecule has 0 radical (unpaired) electrons. The van der Waals surface area contributed by atoms with Gasteiger partial charge >= 0.3 is 0 Å². The quantitative estimate of drug-likeness (QED) is 0.185. The molecule has 9 rings (SSSR count). The molecule has 48 heavy (non-hydrogen) atoms. The summed E-state index contributed by atoms with van der Waals surface area (Å²) in [5.41, 5.74) is 12.4. The van der Waals surface area contributed by atoms with Crippen LogP contribution in [0.25, 0.3) is 55.3 Å². The molecule has 0 saturated heterocycles. The highest BCUT2D eigenvalue weighted by Gasteiger charge is 2.28. The smallest absolute Gasteiger partial charge is 0.159 e. The lowest BCUT2D eigenvalue weighted by Crippen LogP contribution is -2.12. The molecule has 0 amide bonds. The third-order valence-corrected chi connectivity index (χ3v) is 9.28. The maximum atomic E-state index is 7.13. The largest absolute Gasteiger partial charge is 0.453 e. The van der Waals surface area contributed by atoms with Crippen LogP contribution in [0, 0.1) is 0 Å². The predicted molar refractivity (Wildman–Crippen MR) is 200 cm³/mol. The summed E-state index contributed by atoms with van der Waals surface area (Å²) in [7, 11) is 0. The molecule has 8 aromatic rings. The molecule has 0 spiro atoms. The van der Waals surface area contributed by atoms with Crippen molar-refractivity contribution in [3.8, 4) is 56.0 Å². The van der Waals surface area contributed by atoms with E-state index in [1.54, 1.807) is 0 Å². The van der Waals surface area contributed by atoms with E-state index in [1.165, 1.54) is 27.8 Å². The summed E-state index contributed by atoms with van der Waals surface area (Å²) in [6.45, 7) is 0. The Morgan fingerprint density at radius 3 is 1.38 bits per heavy atom. The summed E-state index contributed by atoms with van der Waals surface area (Å²) in [6.07, 6.45) is 0. The molecule has 1 aliphatic rings. The summed E-state index contributed by atoms with van der Waals surface area (Å²) < 4.78 is 7.13. The Hall–Kier alpha value is -6.38. The summed E-state index contributed by atoms with van der Waals surface area (Å²) in [4.78, 5) is 2.32. The lowest BCUT2D eigenvalue weighted by molar-refractivity contribution is 0.490. The van der Waals surface area contributed by atoms with Gasteiger partial charge in [0.15, 0.2) is 5.75 Å². The molecule has 2 heteroatoms. The van der Waals surface area contributed by atoms with Crippen molar-refractivity contribution in [2.24, 2.45) is 0 Å². The van der Waals surface area contributed by atoms with Crippen molar-refractivity contribution >= 4 is 27.8 Å². The molecule has 0 aromatic heterocycles. The zero-order chi connectivity index (χ0) is 31.9. The molecule has 1 heterocycles. The van der Waals surface area contributed by atoms with E-state index in [4.69, 9.17) is 4.74 Å². The van der Waals surface area contributed by atoms with Gasteiger partial charge in [0.05, 0.1) is 5.69 Å². The minimum Gasteiger partial charge on any atom is -0.453 e. The molecule has 0 bridgehead atoms. The maximum Gasteiger partial charge on any atom is 0.159 e. The molecule has 2 nitrogen and oxygen atoms in total. The number of hydrogen-bond acceptors (Lipinski definition) is 2. The first kappa shape index (κ1) is 27.9. The van der Waals surface area contributed by atoms with E-state index in [1.807, 2.05) is 0 Å². The van der Waals surface area contributed by atoms with Crippen LogP contribution in [0.2, 0.25) is 0 Å². The number of fused-ring (bicyclic) bond motifs is 2. The highest BCUT2D eigenvalue weighted by molar-refractivity contribution is 6.09.